The molecule has 2 aromatic carbocycles. The molecule has 25 heavy (non-hydrogen) atoms. The van der Waals surface area contributed by atoms with Crippen molar-refractivity contribution in [2.75, 3.05) is 10.6 Å². The summed E-state index contributed by atoms with van der Waals surface area (Å²) in [4.78, 5) is 16.6. The summed E-state index contributed by atoms with van der Waals surface area (Å²) in [5, 5.41) is 15.0. The lowest BCUT2D eigenvalue weighted by atomic mass is 10.2. The Morgan fingerprint density at radius 2 is 1.88 bits per heavy atom. The number of nitrogens with zero attached hydrogens (tertiary/aromatic N) is 2. The van der Waals surface area contributed by atoms with Gasteiger partial charge in [-0.05, 0) is 42.8 Å². The Kier molecular flexibility index (Phi) is 4.72. The van der Waals surface area contributed by atoms with E-state index in [2.05, 4.69) is 15.6 Å². The molecule has 0 radical (unpaired) electrons. The molecule has 0 saturated heterocycles. The number of aryl methyl sites for hydroxylation is 1. The zero-order valence-corrected chi connectivity index (χ0v) is 13.7. The van der Waals surface area contributed by atoms with E-state index in [9.17, 15) is 4.79 Å². The second-order valence-electron chi connectivity index (χ2n) is 5.55. The first-order chi connectivity index (χ1) is 12.2. The van der Waals surface area contributed by atoms with Crippen molar-refractivity contribution >= 4 is 23.0 Å². The van der Waals surface area contributed by atoms with Gasteiger partial charge in [-0.25, -0.2) is 0 Å². The highest BCUT2D eigenvalue weighted by Gasteiger charge is 2.08. The molecule has 5 heteroatoms. The van der Waals surface area contributed by atoms with Gasteiger partial charge in [-0.1, -0.05) is 24.3 Å². The molecule has 5 nitrogen and oxygen atoms in total. The van der Waals surface area contributed by atoms with E-state index in [0.29, 0.717) is 16.8 Å². The third-order valence-corrected chi connectivity index (χ3v) is 3.67. The van der Waals surface area contributed by atoms with Gasteiger partial charge in [0.15, 0.2) is 0 Å². The van der Waals surface area contributed by atoms with Crippen LogP contribution in [0.1, 0.15) is 21.5 Å². The third kappa shape index (κ3) is 4.01. The normalized spacial score (nSPS) is 9.92. The van der Waals surface area contributed by atoms with Crippen molar-refractivity contribution < 1.29 is 4.79 Å². The van der Waals surface area contributed by atoms with Crippen molar-refractivity contribution in [1.82, 2.24) is 4.98 Å². The van der Waals surface area contributed by atoms with Crippen LogP contribution >= 0.6 is 0 Å². The van der Waals surface area contributed by atoms with Crippen molar-refractivity contribution in [3.63, 3.8) is 0 Å². The zero-order chi connectivity index (χ0) is 17.6. The molecule has 3 aromatic rings. The fraction of sp³-hybridized carbons (Fsp3) is 0.0500. The second-order valence-corrected chi connectivity index (χ2v) is 5.55. The number of rotatable bonds is 4. The number of carbonyl (C=O) groups excluding carboxylic acids is 1. The smallest absolute Gasteiger partial charge is 0.257 e. The minimum Gasteiger partial charge on any atom is -0.354 e. The van der Waals surface area contributed by atoms with Gasteiger partial charge in [0.25, 0.3) is 5.91 Å². The number of hydrogen-bond acceptors (Lipinski definition) is 4. The average Bonchev–Trinajstić information content (AvgIpc) is 2.64. The topological polar surface area (TPSA) is 77.8 Å². The van der Waals surface area contributed by atoms with Crippen LogP contribution < -0.4 is 10.6 Å². The van der Waals surface area contributed by atoms with E-state index in [4.69, 9.17) is 5.26 Å². The molecule has 1 aromatic heterocycles. The van der Waals surface area contributed by atoms with E-state index >= 15 is 0 Å². The highest BCUT2D eigenvalue weighted by Crippen LogP contribution is 2.20. The molecule has 3 rings (SSSR count). The van der Waals surface area contributed by atoms with Gasteiger partial charge in [0, 0.05) is 17.6 Å². The van der Waals surface area contributed by atoms with Crippen LogP contribution in [-0.2, 0) is 0 Å². The number of para-hydroxylation sites is 1. The second kappa shape index (κ2) is 7.28. The summed E-state index contributed by atoms with van der Waals surface area (Å²) in [6, 6.07) is 18.5. The maximum Gasteiger partial charge on any atom is 0.257 e. The molecule has 1 heterocycles. The summed E-state index contributed by atoms with van der Waals surface area (Å²) in [5.74, 6) is -0.281. The molecular formula is C20H16N4O. The van der Waals surface area contributed by atoms with E-state index in [1.807, 2.05) is 37.3 Å². The quantitative estimate of drug-likeness (QED) is 0.750. The molecule has 0 unspecified atom stereocenters. The van der Waals surface area contributed by atoms with Crippen LogP contribution in [-0.4, -0.2) is 10.9 Å². The first kappa shape index (κ1) is 16.2. The lowest BCUT2D eigenvalue weighted by Crippen LogP contribution is -2.12. The van der Waals surface area contributed by atoms with E-state index in [1.165, 1.54) is 6.20 Å². The Hall–Kier alpha value is -3.65. The van der Waals surface area contributed by atoms with E-state index in [-0.39, 0.29) is 5.91 Å². The molecule has 2 N–H and O–H groups in total. The van der Waals surface area contributed by atoms with Gasteiger partial charge < -0.3 is 10.6 Å². The Morgan fingerprint density at radius 3 is 2.68 bits per heavy atom. The van der Waals surface area contributed by atoms with Crippen LogP contribution in [0.25, 0.3) is 0 Å². The maximum absolute atomic E-state index is 12.4. The molecule has 0 spiro atoms. The van der Waals surface area contributed by atoms with Crippen LogP contribution in [0.3, 0.4) is 0 Å². The van der Waals surface area contributed by atoms with Gasteiger partial charge in [-0.15, -0.1) is 0 Å². The molecule has 0 aliphatic rings. The summed E-state index contributed by atoms with van der Waals surface area (Å²) in [6.45, 7) is 2.01. The zero-order valence-electron chi connectivity index (χ0n) is 13.7. The van der Waals surface area contributed by atoms with Gasteiger partial charge in [0.2, 0.25) is 0 Å². The lowest BCUT2D eigenvalue weighted by Gasteiger charge is -2.10. The van der Waals surface area contributed by atoms with Crippen molar-refractivity contribution in [2.24, 2.45) is 0 Å². The molecule has 0 aliphatic heterocycles. The van der Waals surface area contributed by atoms with Gasteiger partial charge in [-0.3, -0.25) is 9.78 Å². The molecule has 0 aliphatic carbocycles. The van der Waals surface area contributed by atoms with Gasteiger partial charge in [0.1, 0.15) is 0 Å². The summed E-state index contributed by atoms with van der Waals surface area (Å²) >= 11 is 0. The first-order valence-corrected chi connectivity index (χ1v) is 7.75. The average molecular weight is 328 g/mol. The third-order valence-electron chi connectivity index (χ3n) is 3.67. The van der Waals surface area contributed by atoms with Crippen LogP contribution in [0.4, 0.5) is 17.1 Å². The monoisotopic (exact) mass is 328 g/mol. The molecule has 0 fully saturated rings. The minimum absolute atomic E-state index is 0.281. The number of nitriles is 1. The number of nitrogens with one attached hydrogen (secondary N) is 2. The largest absolute Gasteiger partial charge is 0.354 e. The van der Waals surface area contributed by atoms with Crippen LogP contribution in [0, 0.1) is 18.3 Å². The summed E-state index contributed by atoms with van der Waals surface area (Å²) in [7, 11) is 0. The molecule has 1 amide bonds. The van der Waals surface area contributed by atoms with E-state index in [1.54, 1.807) is 36.5 Å². The number of carbonyl (C=O) groups is 1. The number of amides is 1. The number of pyridine rings is 1. The van der Waals surface area contributed by atoms with E-state index in [0.717, 1.165) is 16.9 Å². The molecule has 122 valence electrons. The Balaban J connectivity index is 1.77. The van der Waals surface area contributed by atoms with Crippen LogP contribution in [0.15, 0.2) is 67.0 Å². The first-order valence-electron chi connectivity index (χ1n) is 7.75. The summed E-state index contributed by atoms with van der Waals surface area (Å²) in [6.07, 6.45) is 3.17. The van der Waals surface area contributed by atoms with Crippen molar-refractivity contribution in [2.45, 2.75) is 6.92 Å². The number of benzene rings is 2. The molecule has 0 saturated carbocycles. The Morgan fingerprint density at radius 1 is 1.04 bits per heavy atom. The van der Waals surface area contributed by atoms with Gasteiger partial charge >= 0.3 is 0 Å². The minimum atomic E-state index is -0.281. The van der Waals surface area contributed by atoms with Crippen molar-refractivity contribution in [3.05, 3.63) is 83.7 Å². The predicted octanol–water partition coefficient (Wildman–Crippen LogP) is 4.26. The van der Waals surface area contributed by atoms with Crippen LogP contribution in [0.5, 0.6) is 0 Å². The standard InChI is InChI=1S/C20H16N4O/c1-14-5-2-3-8-19(14)23-18-10-16(12-22-13-18)20(25)24-17-7-4-6-15(9-17)11-21/h2-10,12-13,23H,1H3,(H,24,25). The fourth-order valence-corrected chi connectivity index (χ4v) is 2.37. The maximum atomic E-state index is 12.4. The Bertz CT molecular complexity index is 960. The fourth-order valence-electron chi connectivity index (χ4n) is 2.37. The summed E-state index contributed by atoms with van der Waals surface area (Å²) in [5.41, 5.74) is 4.29. The Labute approximate surface area is 146 Å². The lowest BCUT2D eigenvalue weighted by molar-refractivity contribution is 0.102. The molecular weight excluding hydrogens is 312 g/mol. The van der Waals surface area contributed by atoms with Gasteiger partial charge in [0.05, 0.1) is 29.1 Å². The predicted molar refractivity (Wildman–Crippen MR) is 97.8 cm³/mol. The molecule has 0 bridgehead atoms. The van der Waals surface area contributed by atoms with E-state index < -0.39 is 0 Å². The SMILES string of the molecule is Cc1ccccc1Nc1cncc(C(=O)Nc2cccc(C#N)c2)c1. The van der Waals surface area contributed by atoms with Crippen molar-refractivity contribution in [3.8, 4) is 6.07 Å². The van der Waals surface area contributed by atoms with Crippen molar-refractivity contribution in [1.29, 1.82) is 5.26 Å². The number of aromatic nitrogens is 1. The highest BCUT2D eigenvalue weighted by atomic mass is 16.1. The number of hydrogen-bond donors (Lipinski definition) is 2. The number of anilines is 3. The highest BCUT2D eigenvalue weighted by molar-refractivity contribution is 6.04. The van der Waals surface area contributed by atoms with Crippen LogP contribution in [0.2, 0.25) is 0 Å². The summed E-state index contributed by atoms with van der Waals surface area (Å²) < 4.78 is 0. The molecule has 0 atom stereocenters. The van der Waals surface area contributed by atoms with Gasteiger partial charge in [-0.2, -0.15) is 5.26 Å².